The third kappa shape index (κ3) is 4.22. The van der Waals surface area contributed by atoms with Crippen LogP contribution in [0.3, 0.4) is 0 Å². The normalized spacial score (nSPS) is 11.1. The Kier molecular flexibility index (Phi) is 6.00. The van der Waals surface area contributed by atoms with E-state index in [2.05, 4.69) is 72.6 Å². The maximum absolute atomic E-state index is 4.40. The Labute approximate surface area is 174 Å². The summed E-state index contributed by atoms with van der Waals surface area (Å²) in [5.41, 5.74) is 4.42. The summed E-state index contributed by atoms with van der Waals surface area (Å²) in [7, 11) is 0. The van der Waals surface area contributed by atoms with Crippen molar-refractivity contribution in [1.82, 2.24) is 35.4 Å². The van der Waals surface area contributed by atoms with Crippen LogP contribution < -0.4 is 0 Å². The number of nitrogens with zero attached hydrogens (tertiary/aromatic N) is 6. The second-order valence-electron chi connectivity index (χ2n) is 6.78. The maximum atomic E-state index is 4.40. The average molecular weight is 406 g/mol. The molecule has 0 radical (unpaired) electrons. The summed E-state index contributed by atoms with van der Waals surface area (Å²) >= 11 is 1.64. The van der Waals surface area contributed by atoms with E-state index in [0.717, 1.165) is 53.5 Å². The molecule has 0 aliphatic heterocycles. The first-order valence-corrected chi connectivity index (χ1v) is 10.9. The summed E-state index contributed by atoms with van der Waals surface area (Å²) in [6.45, 7) is 2.97. The van der Waals surface area contributed by atoms with Gasteiger partial charge in [0.2, 0.25) is 0 Å². The first kappa shape index (κ1) is 19.3. The molecule has 0 amide bonds. The lowest BCUT2D eigenvalue weighted by Crippen LogP contribution is -2.06. The predicted octanol–water partition coefficient (Wildman–Crippen LogP) is 4.24. The molecule has 0 aliphatic carbocycles. The number of tetrazole rings is 1. The molecule has 0 atom stereocenters. The van der Waals surface area contributed by atoms with E-state index >= 15 is 0 Å². The lowest BCUT2D eigenvalue weighted by atomic mass is 9.98. The highest BCUT2D eigenvalue weighted by molar-refractivity contribution is 7.98. The molecular formula is C21H23N7S. The van der Waals surface area contributed by atoms with Crippen molar-refractivity contribution >= 4 is 11.8 Å². The fourth-order valence-corrected chi connectivity index (χ4v) is 3.85. The van der Waals surface area contributed by atoms with Crippen molar-refractivity contribution in [1.29, 1.82) is 0 Å². The van der Waals surface area contributed by atoms with Crippen LogP contribution in [0.25, 0.3) is 22.5 Å². The van der Waals surface area contributed by atoms with Gasteiger partial charge >= 0.3 is 0 Å². The van der Waals surface area contributed by atoms with Gasteiger partial charge in [0.05, 0.1) is 6.54 Å². The van der Waals surface area contributed by atoms with Gasteiger partial charge in [0.15, 0.2) is 11.0 Å². The first-order valence-electron chi connectivity index (χ1n) is 9.68. The van der Waals surface area contributed by atoms with E-state index in [1.165, 1.54) is 5.56 Å². The molecule has 29 heavy (non-hydrogen) atoms. The highest BCUT2D eigenvalue weighted by Crippen LogP contribution is 2.30. The lowest BCUT2D eigenvalue weighted by molar-refractivity contribution is 0.642. The van der Waals surface area contributed by atoms with Crippen molar-refractivity contribution in [2.75, 3.05) is 6.26 Å². The number of thioether (sulfide) groups is 1. The summed E-state index contributed by atoms with van der Waals surface area (Å²) in [5, 5.41) is 24.0. The molecule has 4 rings (SSSR count). The number of hydrogen-bond donors (Lipinski definition) is 1. The SMILES string of the molecule is CCCCc1nnc(SC)n1Cc1ccc(-c2ccccc2-c2nnn[nH]2)cc1. The number of hydrogen-bond acceptors (Lipinski definition) is 6. The van der Waals surface area contributed by atoms with Crippen LogP contribution in [0.1, 0.15) is 31.2 Å². The molecule has 8 heteroatoms. The van der Waals surface area contributed by atoms with Gasteiger partial charge in [-0.3, -0.25) is 0 Å². The van der Waals surface area contributed by atoms with E-state index in [1.807, 2.05) is 24.5 Å². The zero-order valence-corrected chi connectivity index (χ0v) is 17.4. The van der Waals surface area contributed by atoms with E-state index < -0.39 is 0 Å². The summed E-state index contributed by atoms with van der Waals surface area (Å²) < 4.78 is 2.23. The van der Waals surface area contributed by atoms with Crippen LogP contribution in [-0.2, 0) is 13.0 Å². The van der Waals surface area contributed by atoms with E-state index in [1.54, 1.807) is 11.8 Å². The van der Waals surface area contributed by atoms with Crippen LogP contribution in [0.5, 0.6) is 0 Å². The zero-order valence-electron chi connectivity index (χ0n) is 16.5. The largest absolute Gasteiger partial charge is 0.302 e. The number of aromatic amines is 1. The lowest BCUT2D eigenvalue weighted by Gasteiger charge is -2.11. The highest BCUT2D eigenvalue weighted by Gasteiger charge is 2.13. The molecule has 2 aromatic heterocycles. The fraction of sp³-hybridized carbons (Fsp3) is 0.286. The molecule has 0 saturated carbocycles. The van der Waals surface area contributed by atoms with Crippen LogP contribution in [0.4, 0.5) is 0 Å². The third-order valence-electron chi connectivity index (χ3n) is 4.86. The van der Waals surface area contributed by atoms with Crippen molar-refractivity contribution in [3.63, 3.8) is 0 Å². The quantitative estimate of drug-likeness (QED) is 0.441. The molecule has 0 saturated heterocycles. The molecule has 2 aromatic carbocycles. The molecule has 0 spiro atoms. The Morgan fingerprint density at radius 3 is 2.45 bits per heavy atom. The van der Waals surface area contributed by atoms with Crippen LogP contribution >= 0.6 is 11.8 Å². The molecule has 2 heterocycles. The van der Waals surface area contributed by atoms with Crippen LogP contribution in [0.15, 0.2) is 53.7 Å². The Hall–Kier alpha value is -3.00. The molecule has 4 aromatic rings. The smallest absolute Gasteiger partial charge is 0.191 e. The summed E-state index contributed by atoms with van der Waals surface area (Å²) in [4.78, 5) is 0. The van der Waals surface area contributed by atoms with E-state index in [-0.39, 0.29) is 0 Å². The summed E-state index contributed by atoms with van der Waals surface area (Å²) in [6, 6.07) is 16.7. The monoisotopic (exact) mass is 405 g/mol. The van der Waals surface area contributed by atoms with Crippen molar-refractivity contribution in [3.8, 4) is 22.5 Å². The van der Waals surface area contributed by atoms with Crippen molar-refractivity contribution in [2.45, 2.75) is 37.9 Å². The van der Waals surface area contributed by atoms with Gasteiger partial charge in [-0.25, -0.2) is 5.10 Å². The number of rotatable bonds is 8. The number of benzene rings is 2. The maximum Gasteiger partial charge on any atom is 0.191 e. The molecule has 0 fully saturated rings. The molecule has 0 aliphatic rings. The summed E-state index contributed by atoms with van der Waals surface area (Å²) in [6.07, 6.45) is 5.28. The van der Waals surface area contributed by atoms with Gasteiger partial charge in [-0.1, -0.05) is 73.6 Å². The topological polar surface area (TPSA) is 85.2 Å². The number of nitrogens with one attached hydrogen (secondary N) is 1. The van der Waals surface area contributed by atoms with Gasteiger partial charge in [-0.2, -0.15) is 0 Å². The first-order chi connectivity index (χ1) is 14.3. The highest BCUT2D eigenvalue weighted by atomic mass is 32.2. The Morgan fingerprint density at radius 2 is 1.76 bits per heavy atom. The van der Waals surface area contributed by atoms with Crippen molar-refractivity contribution < 1.29 is 0 Å². The minimum Gasteiger partial charge on any atom is -0.302 e. The number of unbranched alkanes of at least 4 members (excludes halogenated alkanes) is 1. The van der Waals surface area contributed by atoms with Gasteiger partial charge in [-0.05, 0) is 39.8 Å². The van der Waals surface area contributed by atoms with Gasteiger partial charge in [0.25, 0.3) is 0 Å². The molecule has 1 N–H and O–H groups in total. The second-order valence-corrected chi connectivity index (χ2v) is 7.56. The third-order valence-corrected chi connectivity index (χ3v) is 5.53. The average Bonchev–Trinajstić information content (AvgIpc) is 3.43. The van der Waals surface area contributed by atoms with E-state index in [0.29, 0.717) is 5.82 Å². The minimum absolute atomic E-state index is 0.666. The Morgan fingerprint density at radius 1 is 0.966 bits per heavy atom. The zero-order chi connectivity index (χ0) is 20.1. The van der Waals surface area contributed by atoms with Gasteiger partial charge in [-0.15, -0.1) is 15.3 Å². The molecule has 0 unspecified atom stereocenters. The Bertz CT molecular complexity index is 1060. The van der Waals surface area contributed by atoms with Crippen LogP contribution in [0, 0.1) is 0 Å². The van der Waals surface area contributed by atoms with Crippen molar-refractivity contribution in [2.24, 2.45) is 0 Å². The standard InChI is InChI=1S/C21H23N7S/c1-3-4-9-19-22-25-21(29-2)28(19)14-15-10-12-16(13-11-15)17-7-5-6-8-18(17)20-23-26-27-24-20/h5-8,10-13H,3-4,9,14H2,1-2H3,(H,23,24,26,27). The number of H-pyrrole nitrogens is 1. The van der Waals surface area contributed by atoms with Gasteiger partial charge in [0.1, 0.15) is 5.82 Å². The molecule has 0 bridgehead atoms. The molecular weight excluding hydrogens is 382 g/mol. The van der Waals surface area contributed by atoms with Crippen LogP contribution in [0.2, 0.25) is 0 Å². The molecule has 7 nitrogen and oxygen atoms in total. The van der Waals surface area contributed by atoms with Crippen LogP contribution in [-0.4, -0.2) is 41.6 Å². The Balaban J connectivity index is 1.60. The fourth-order valence-electron chi connectivity index (χ4n) is 3.34. The number of aromatic nitrogens is 7. The van der Waals surface area contributed by atoms with Gasteiger partial charge in [0, 0.05) is 12.0 Å². The second kappa shape index (κ2) is 9.00. The predicted molar refractivity (Wildman–Crippen MR) is 115 cm³/mol. The number of aryl methyl sites for hydroxylation is 1. The minimum atomic E-state index is 0.666. The summed E-state index contributed by atoms with van der Waals surface area (Å²) in [5.74, 6) is 1.72. The van der Waals surface area contributed by atoms with E-state index in [4.69, 9.17) is 0 Å². The van der Waals surface area contributed by atoms with E-state index in [9.17, 15) is 0 Å². The molecule has 148 valence electrons. The van der Waals surface area contributed by atoms with Gasteiger partial charge < -0.3 is 4.57 Å². The van der Waals surface area contributed by atoms with Crippen molar-refractivity contribution in [3.05, 3.63) is 59.9 Å².